The van der Waals surface area contributed by atoms with Crippen molar-refractivity contribution in [3.8, 4) is 0 Å². The molecular formula is C14H22N4. The first-order valence-electron chi connectivity index (χ1n) is 6.60. The number of rotatable bonds is 6. The summed E-state index contributed by atoms with van der Waals surface area (Å²) in [5.41, 5.74) is 8.62. The number of imidazole rings is 1. The van der Waals surface area contributed by atoms with E-state index in [4.69, 9.17) is 5.73 Å². The Bertz CT molecular complexity index is 503. The third kappa shape index (κ3) is 3.23. The number of hydrogen-bond acceptors (Lipinski definition) is 3. The lowest BCUT2D eigenvalue weighted by molar-refractivity contribution is 0.331. The van der Waals surface area contributed by atoms with Crippen LogP contribution in [0.4, 0.5) is 5.69 Å². The second-order valence-electron chi connectivity index (χ2n) is 4.87. The Hall–Kier alpha value is -1.55. The molecule has 0 saturated heterocycles. The smallest absolute Gasteiger partial charge is 0.137 e. The van der Waals surface area contributed by atoms with Gasteiger partial charge < -0.3 is 15.0 Å². The molecule has 18 heavy (non-hydrogen) atoms. The standard InChI is InChI=1S/C14H22N4/c1-3-4-8-17(2)9-7-13-11-18-10-12(15)5-6-14(18)16-13/h5-6,10-11H,3-4,7-9,15H2,1-2H3. The van der Waals surface area contributed by atoms with Crippen LogP contribution in [0.15, 0.2) is 24.5 Å². The zero-order valence-electron chi connectivity index (χ0n) is 11.3. The molecule has 98 valence electrons. The van der Waals surface area contributed by atoms with Gasteiger partial charge in [-0.3, -0.25) is 0 Å². The van der Waals surface area contributed by atoms with Gasteiger partial charge in [0.15, 0.2) is 0 Å². The highest BCUT2D eigenvalue weighted by molar-refractivity contribution is 5.48. The van der Waals surface area contributed by atoms with Gasteiger partial charge in [-0.1, -0.05) is 13.3 Å². The van der Waals surface area contributed by atoms with Crippen LogP contribution in [0.3, 0.4) is 0 Å². The quantitative estimate of drug-likeness (QED) is 0.850. The molecule has 2 N–H and O–H groups in total. The Balaban J connectivity index is 1.95. The summed E-state index contributed by atoms with van der Waals surface area (Å²) in [6.07, 6.45) is 7.48. The first kappa shape index (κ1) is 12.9. The predicted molar refractivity (Wildman–Crippen MR) is 75.7 cm³/mol. The Labute approximate surface area is 108 Å². The van der Waals surface area contributed by atoms with Gasteiger partial charge in [-0.05, 0) is 32.1 Å². The molecule has 0 aliphatic heterocycles. The molecule has 0 bridgehead atoms. The predicted octanol–water partition coefficient (Wildman–Crippen LogP) is 2.19. The van der Waals surface area contributed by atoms with Crippen LogP contribution in [0, 0.1) is 0 Å². The summed E-state index contributed by atoms with van der Waals surface area (Å²) in [4.78, 5) is 6.95. The highest BCUT2D eigenvalue weighted by Gasteiger charge is 2.03. The van der Waals surface area contributed by atoms with Crippen molar-refractivity contribution in [3.05, 3.63) is 30.2 Å². The Morgan fingerprint density at radius 2 is 2.11 bits per heavy atom. The zero-order valence-corrected chi connectivity index (χ0v) is 11.3. The fourth-order valence-electron chi connectivity index (χ4n) is 2.03. The molecule has 4 nitrogen and oxygen atoms in total. The number of anilines is 1. The number of aromatic nitrogens is 2. The number of nitrogens with zero attached hydrogens (tertiary/aromatic N) is 3. The topological polar surface area (TPSA) is 46.6 Å². The number of fused-ring (bicyclic) bond motifs is 1. The summed E-state index contributed by atoms with van der Waals surface area (Å²) >= 11 is 0. The molecule has 0 fully saturated rings. The van der Waals surface area contributed by atoms with Gasteiger partial charge in [-0.25, -0.2) is 4.98 Å². The van der Waals surface area contributed by atoms with Crippen LogP contribution < -0.4 is 5.73 Å². The number of unbranched alkanes of at least 4 members (excludes halogenated alkanes) is 1. The van der Waals surface area contributed by atoms with Crippen LogP contribution in [-0.2, 0) is 6.42 Å². The molecule has 4 heteroatoms. The molecule has 2 heterocycles. The van der Waals surface area contributed by atoms with Crippen LogP contribution in [0.1, 0.15) is 25.5 Å². The molecule has 0 unspecified atom stereocenters. The van der Waals surface area contributed by atoms with Crippen LogP contribution >= 0.6 is 0 Å². The van der Waals surface area contributed by atoms with Crippen molar-refractivity contribution in [2.75, 3.05) is 25.9 Å². The molecule has 0 atom stereocenters. The lowest BCUT2D eigenvalue weighted by atomic mass is 10.3. The van der Waals surface area contributed by atoms with Crippen molar-refractivity contribution < 1.29 is 0 Å². The van der Waals surface area contributed by atoms with Crippen LogP contribution in [0.5, 0.6) is 0 Å². The zero-order chi connectivity index (χ0) is 13.0. The second-order valence-corrected chi connectivity index (χ2v) is 4.87. The van der Waals surface area contributed by atoms with Gasteiger partial charge in [0.05, 0.1) is 5.69 Å². The molecule has 0 spiro atoms. The van der Waals surface area contributed by atoms with Gasteiger partial charge in [0.2, 0.25) is 0 Å². The molecular weight excluding hydrogens is 224 g/mol. The average Bonchev–Trinajstić information content (AvgIpc) is 2.75. The number of hydrogen-bond donors (Lipinski definition) is 1. The van der Waals surface area contributed by atoms with E-state index in [9.17, 15) is 0 Å². The first-order valence-corrected chi connectivity index (χ1v) is 6.60. The van der Waals surface area contributed by atoms with E-state index in [-0.39, 0.29) is 0 Å². The lowest BCUT2D eigenvalue weighted by Gasteiger charge is -2.14. The third-order valence-corrected chi connectivity index (χ3v) is 3.17. The minimum absolute atomic E-state index is 0.770. The maximum atomic E-state index is 5.75. The number of pyridine rings is 1. The van der Waals surface area contributed by atoms with Crippen molar-refractivity contribution in [2.24, 2.45) is 0 Å². The third-order valence-electron chi connectivity index (χ3n) is 3.17. The average molecular weight is 246 g/mol. The minimum atomic E-state index is 0.770. The normalized spacial score (nSPS) is 11.5. The molecule has 0 radical (unpaired) electrons. The molecule has 0 aliphatic carbocycles. The van der Waals surface area contributed by atoms with E-state index >= 15 is 0 Å². The van der Waals surface area contributed by atoms with Crippen LogP contribution in [0.2, 0.25) is 0 Å². The van der Waals surface area contributed by atoms with Gasteiger partial charge in [0.1, 0.15) is 5.65 Å². The Morgan fingerprint density at radius 1 is 1.28 bits per heavy atom. The van der Waals surface area contributed by atoms with Gasteiger partial charge in [0.25, 0.3) is 0 Å². The van der Waals surface area contributed by atoms with E-state index in [0.29, 0.717) is 0 Å². The molecule has 0 aromatic carbocycles. The molecule has 2 rings (SSSR count). The van der Waals surface area contributed by atoms with Crippen molar-refractivity contribution in [2.45, 2.75) is 26.2 Å². The van der Waals surface area contributed by atoms with Crippen molar-refractivity contribution in [1.82, 2.24) is 14.3 Å². The van der Waals surface area contributed by atoms with Crippen LogP contribution in [-0.4, -0.2) is 34.4 Å². The second kappa shape index (κ2) is 5.87. The summed E-state index contributed by atoms with van der Waals surface area (Å²) in [5.74, 6) is 0. The van der Waals surface area contributed by atoms with Gasteiger partial charge in [-0.15, -0.1) is 0 Å². The number of nitrogen functional groups attached to an aromatic ring is 1. The fourth-order valence-corrected chi connectivity index (χ4v) is 2.03. The summed E-state index contributed by atoms with van der Waals surface area (Å²) < 4.78 is 2.00. The van der Waals surface area contributed by atoms with E-state index in [1.54, 1.807) is 0 Å². The molecule has 2 aromatic heterocycles. The van der Waals surface area contributed by atoms with E-state index in [1.807, 2.05) is 22.7 Å². The maximum Gasteiger partial charge on any atom is 0.137 e. The molecule has 0 aliphatic rings. The highest BCUT2D eigenvalue weighted by atomic mass is 15.1. The number of nitrogens with two attached hydrogens (primary N) is 1. The summed E-state index contributed by atoms with van der Waals surface area (Å²) in [6, 6.07) is 3.85. The summed E-state index contributed by atoms with van der Waals surface area (Å²) in [5, 5.41) is 0. The maximum absolute atomic E-state index is 5.75. The SMILES string of the molecule is CCCCN(C)CCc1cn2cc(N)ccc2n1. The van der Waals surface area contributed by atoms with E-state index < -0.39 is 0 Å². The monoisotopic (exact) mass is 246 g/mol. The highest BCUT2D eigenvalue weighted by Crippen LogP contribution is 2.09. The molecule has 2 aromatic rings. The Kier molecular flexibility index (Phi) is 4.20. The summed E-state index contributed by atoms with van der Waals surface area (Å²) in [7, 11) is 2.17. The van der Waals surface area contributed by atoms with E-state index in [0.717, 1.165) is 36.5 Å². The fraction of sp³-hybridized carbons (Fsp3) is 0.500. The number of likely N-dealkylation sites (N-methyl/N-ethyl adjacent to an activating group) is 1. The summed E-state index contributed by atoms with van der Waals surface area (Å²) in [6.45, 7) is 4.44. The first-order chi connectivity index (χ1) is 8.69. The van der Waals surface area contributed by atoms with Crippen molar-refractivity contribution in [1.29, 1.82) is 0 Å². The van der Waals surface area contributed by atoms with Crippen LogP contribution in [0.25, 0.3) is 5.65 Å². The minimum Gasteiger partial charge on any atom is -0.398 e. The van der Waals surface area contributed by atoms with E-state index in [1.165, 1.54) is 12.8 Å². The van der Waals surface area contributed by atoms with Crippen molar-refractivity contribution >= 4 is 11.3 Å². The van der Waals surface area contributed by atoms with Gasteiger partial charge in [0, 0.05) is 31.0 Å². The van der Waals surface area contributed by atoms with Crippen molar-refractivity contribution in [3.63, 3.8) is 0 Å². The molecule has 0 amide bonds. The van der Waals surface area contributed by atoms with Gasteiger partial charge >= 0.3 is 0 Å². The van der Waals surface area contributed by atoms with E-state index in [2.05, 4.69) is 30.1 Å². The Morgan fingerprint density at radius 3 is 2.89 bits per heavy atom. The lowest BCUT2D eigenvalue weighted by Crippen LogP contribution is -2.22. The largest absolute Gasteiger partial charge is 0.398 e. The van der Waals surface area contributed by atoms with Gasteiger partial charge in [-0.2, -0.15) is 0 Å². The molecule has 0 saturated carbocycles.